The Morgan fingerprint density at radius 2 is 1.70 bits per heavy atom. The Hall–Kier alpha value is -2.85. The third-order valence-corrected chi connectivity index (χ3v) is 3.94. The average Bonchev–Trinajstić information content (AvgIpc) is 3.00. The molecule has 0 saturated heterocycles. The Morgan fingerprint density at radius 3 is 2.48 bits per heavy atom. The number of anilines is 1. The Balaban J connectivity index is 1.96. The lowest BCUT2D eigenvalue weighted by atomic mass is 10.1. The smallest absolute Gasteiger partial charge is 0.165 e. The molecule has 4 aromatic rings. The van der Waals surface area contributed by atoms with Crippen LogP contribution in [-0.2, 0) is 0 Å². The number of benzene rings is 2. The van der Waals surface area contributed by atoms with Gasteiger partial charge in [-0.25, -0.2) is 4.98 Å². The number of nitrogens with zero attached hydrogens (tertiary/aromatic N) is 3. The molecule has 23 heavy (non-hydrogen) atoms. The van der Waals surface area contributed by atoms with Gasteiger partial charge in [-0.15, -0.1) is 0 Å². The molecular formula is C18H13ClN4. The van der Waals surface area contributed by atoms with Crippen molar-refractivity contribution < 1.29 is 0 Å². The second kappa shape index (κ2) is 5.41. The molecule has 0 saturated carbocycles. The van der Waals surface area contributed by atoms with Crippen molar-refractivity contribution in [2.45, 2.75) is 0 Å². The van der Waals surface area contributed by atoms with Gasteiger partial charge in [-0.1, -0.05) is 54.1 Å². The zero-order valence-corrected chi connectivity index (χ0v) is 12.9. The molecule has 0 unspecified atom stereocenters. The zero-order valence-electron chi connectivity index (χ0n) is 12.1. The fourth-order valence-electron chi connectivity index (χ4n) is 2.60. The summed E-state index contributed by atoms with van der Waals surface area (Å²) in [6, 6.07) is 19.4. The van der Waals surface area contributed by atoms with Crippen LogP contribution in [0.3, 0.4) is 0 Å². The van der Waals surface area contributed by atoms with Crippen molar-refractivity contribution in [3.63, 3.8) is 0 Å². The molecule has 4 nitrogen and oxygen atoms in total. The van der Waals surface area contributed by atoms with E-state index < -0.39 is 0 Å². The second-order valence-corrected chi connectivity index (χ2v) is 5.67. The first-order valence-electron chi connectivity index (χ1n) is 7.18. The van der Waals surface area contributed by atoms with Crippen LogP contribution in [0.2, 0.25) is 5.02 Å². The molecule has 0 amide bonds. The molecule has 0 spiro atoms. The summed E-state index contributed by atoms with van der Waals surface area (Å²) < 4.78 is 1.64. The van der Waals surface area contributed by atoms with Crippen LogP contribution in [0.4, 0.5) is 5.82 Å². The van der Waals surface area contributed by atoms with Crippen molar-refractivity contribution in [2.24, 2.45) is 0 Å². The van der Waals surface area contributed by atoms with E-state index in [1.54, 1.807) is 10.7 Å². The molecule has 5 heteroatoms. The number of fused-ring (bicyclic) bond motifs is 1. The number of rotatable bonds is 2. The maximum Gasteiger partial charge on any atom is 0.165 e. The maximum absolute atomic E-state index is 6.15. The van der Waals surface area contributed by atoms with Crippen LogP contribution in [-0.4, -0.2) is 14.6 Å². The minimum absolute atomic E-state index is 0.544. The van der Waals surface area contributed by atoms with Gasteiger partial charge in [-0.05, 0) is 17.7 Å². The van der Waals surface area contributed by atoms with Crippen molar-refractivity contribution in [3.8, 4) is 22.4 Å². The van der Waals surface area contributed by atoms with Crippen molar-refractivity contribution in [3.05, 3.63) is 71.9 Å². The Labute approximate surface area is 138 Å². The molecule has 0 aliphatic heterocycles. The fraction of sp³-hybridized carbons (Fsp3) is 0. The third-order valence-electron chi connectivity index (χ3n) is 3.70. The van der Waals surface area contributed by atoms with Gasteiger partial charge in [0.15, 0.2) is 5.65 Å². The van der Waals surface area contributed by atoms with Crippen molar-refractivity contribution in [2.75, 3.05) is 5.73 Å². The minimum Gasteiger partial charge on any atom is -0.384 e. The van der Waals surface area contributed by atoms with Crippen LogP contribution < -0.4 is 5.73 Å². The van der Waals surface area contributed by atoms with E-state index in [0.717, 1.165) is 22.4 Å². The normalized spacial score (nSPS) is 11.0. The molecule has 0 bridgehead atoms. The van der Waals surface area contributed by atoms with E-state index in [-0.39, 0.29) is 0 Å². The van der Waals surface area contributed by atoms with Gasteiger partial charge in [0.2, 0.25) is 0 Å². The predicted molar refractivity (Wildman–Crippen MR) is 93.3 cm³/mol. The van der Waals surface area contributed by atoms with E-state index in [9.17, 15) is 0 Å². The molecule has 2 heterocycles. The summed E-state index contributed by atoms with van der Waals surface area (Å²) in [6.07, 6.45) is 1.76. The summed E-state index contributed by atoms with van der Waals surface area (Å²) in [5.74, 6) is 0.544. The Bertz CT molecular complexity index is 993. The molecule has 2 aromatic heterocycles. The first kappa shape index (κ1) is 13.8. The number of nitrogens with two attached hydrogens (primary N) is 1. The number of nitrogen functional groups attached to an aromatic ring is 1. The highest BCUT2D eigenvalue weighted by molar-refractivity contribution is 6.30. The molecule has 4 rings (SSSR count). The summed E-state index contributed by atoms with van der Waals surface area (Å²) in [5.41, 5.74) is 10.6. The van der Waals surface area contributed by atoms with E-state index in [0.29, 0.717) is 16.5 Å². The molecule has 0 aliphatic rings. The molecule has 112 valence electrons. The van der Waals surface area contributed by atoms with Gasteiger partial charge in [0.25, 0.3) is 0 Å². The molecular weight excluding hydrogens is 308 g/mol. The van der Waals surface area contributed by atoms with E-state index >= 15 is 0 Å². The van der Waals surface area contributed by atoms with Gasteiger partial charge < -0.3 is 5.73 Å². The number of hydrogen-bond acceptors (Lipinski definition) is 3. The van der Waals surface area contributed by atoms with E-state index in [2.05, 4.69) is 5.10 Å². The van der Waals surface area contributed by atoms with Crippen molar-refractivity contribution in [1.82, 2.24) is 14.6 Å². The summed E-state index contributed by atoms with van der Waals surface area (Å²) in [5, 5.41) is 5.02. The Kier molecular flexibility index (Phi) is 3.24. The van der Waals surface area contributed by atoms with Crippen LogP contribution >= 0.6 is 11.6 Å². The summed E-state index contributed by atoms with van der Waals surface area (Å²) >= 11 is 6.10. The largest absolute Gasteiger partial charge is 0.384 e. The lowest BCUT2D eigenvalue weighted by Crippen LogP contribution is -2.01. The highest BCUT2D eigenvalue weighted by atomic mass is 35.5. The van der Waals surface area contributed by atoms with Crippen LogP contribution in [0, 0.1) is 0 Å². The summed E-state index contributed by atoms with van der Waals surface area (Å²) in [4.78, 5) is 4.75. The second-order valence-electron chi connectivity index (χ2n) is 5.24. The SMILES string of the molecule is Nc1cc(-c2ccccc2)nc2c(-c3cccc(Cl)c3)cnn12. The standard InChI is InChI=1S/C18H13ClN4/c19-14-8-4-7-13(9-14)15-11-21-23-17(20)10-16(22-18(15)23)12-5-2-1-3-6-12/h1-11H,20H2. The van der Waals surface area contributed by atoms with Gasteiger partial charge >= 0.3 is 0 Å². The van der Waals surface area contributed by atoms with Crippen LogP contribution in [0.25, 0.3) is 28.0 Å². The molecule has 0 radical (unpaired) electrons. The van der Waals surface area contributed by atoms with E-state index in [4.69, 9.17) is 22.3 Å². The molecule has 0 fully saturated rings. The van der Waals surface area contributed by atoms with Gasteiger partial charge in [0, 0.05) is 22.2 Å². The van der Waals surface area contributed by atoms with Gasteiger partial charge in [-0.2, -0.15) is 9.61 Å². The highest BCUT2D eigenvalue weighted by Crippen LogP contribution is 2.29. The zero-order chi connectivity index (χ0) is 15.8. The van der Waals surface area contributed by atoms with Crippen molar-refractivity contribution in [1.29, 1.82) is 0 Å². The van der Waals surface area contributed by atoms with Crippen molar-refractivity contribution >= 4 is 23.1 Å². The first-order chi connectivity index (χ1) is 11.2. The first-order valence-corrected chi connectivity index (χ1v) is 7.56. The molecule has 0 atom stereocenters. The van der Waals surface area contributed by atoms with Crippen LogP contribution in [0.5, 0.6) is 0 Å². The van der Waals surface area contributed by atoms with E-state index in [1.165, 1.54) is 0 Å². The molecule has 2 N–H and O–H groups in total. The maximum atomic E-state index is 6.15. The summed E-state index contributed by atoms with van der Waals surface area (Å²) in [6.45, 7) is 0. The topological polar surface area (TPSA) is 56.2 Å². The number of hydrogen-bond donors (Lipinski definition) is 1. The predicted octanol–water partition coefficient (Wildman–Crippen LogP) is 4.30. The highest BCUT2D eigenvalue weighted by Gasteiger charge is 2.12. The molecule has 2 aromatic carbocycles. The number of halogens is 1. The van der Waals surface area contributed by atoms with Crippen LogP contribution in [0.15, 0.2) is 66.9 Å². The van der Waals surface area contributed by atoms with Gasteiger partial charge in [0.1, 0.15) is 5.82 Å². The number of aromatic nitrogens is 3. The molecule has 0 aliphatic carbocycles. The quantitative estimate of drug-likeness (QED) is 0.599. The monoisotopic (exact) mass is 320 g/mol. The lowest BCUT2D eigenvalue weighted by molar-refractivity contribution is 0.954. The summed E-state index contributed by atoms with van der Waals surface area (Å²) in [7, 11) is 0. The van der Waals surface area contributed by atoms with E-state index in [1.807, 2.05) is 60.7 Å². The lowest BCUT2D eigenvalue weighted by Gasteiger charge is -2.06. The average molecular weight is 321 g/mol. The minimum atomic E-state index is 0.544. The Morgan fingerprint density at radius 1 is 0.913 bits per heavy atom. The van der Waals surface area contributed by atoms with Gasteiger partial charge in [0.05, 0.1) is 11.9 Å². The fourth-order valence-corrected chi connectivity index (χ4v) is 2.79. The van der Waals surface area contributed by atoms with Crippen LogP contribution in [0.1, 0.15) is 0 Å². The van der Waals surface area contributed by atoms with Gasteiger partial charge in [-0.3, -0.25) is 0 Å². The third kappa shape index (κ3) is 2.43.